The van der Waals surface area contributed by atoms with E-state index < -0.39 is 0 Å². The molecule has 0 unspecified atom stereocenters. The smallest absolute Gasteiger partial charge is 0.244 e. The van der Waals surface area contributed by atoms with Crippen LogP contribution in [0.2, 0.25) is 0 Å². The highest BCUT2D eigenvalue weighted by Gasteiger charge is 2.02. The van der Waals surface area contributed by atoms with Gasteiger partial charge in [0.2, 0.25) is 11.9 Å². The van der Waals surface area contributed by atoms with Gasteiger partial charge >= 0.3 is 0 Å². The van der Waals surface area contributed by atoms with E-state index in [-0.39, 0.29) is 5.91 Å². The Labute approximate surface area is 168 Å². The lowest BCUT2D eigenvalue weighted by atomic mass is 10.3. The molecule has 0 saturated carbocycles. The van der Waals surface area contributed by atoms with Crippen molar-refractivity contribution in [1.29, 1.82) is 0 Å². The van der Waals surface area contributed by atoms with Crippen LogP contribution in [0.4, 0.5) is 23.1 Å². The van der Waals surface area contributed by atoms with Gasteiger partial charge in [-0.15, -0.1) is 5.10 Å². The van der Waals surface area contributed by atoms with Crippen molar-refractivity contribution in [2.45, 2.75) is 6.92 Å². The summed E-state index contributed by atoms with van der Waals surface area (Å²) in [6.07, 6.45) is 1.53. The molecule has 9 nitrogen and oxygen atoms in total. The molecule has 0 fully saturated rings. The highest BCUT2D eigenvalue weighted by atomic mass is 16.5. The molecule has 0 aliphatic rings. The summed E-state index contributed by atoms with van der Waals surface area (Å²) in [6, 6.07) is 14.6. The van der Waals surface area contributed by atoms with Crippen LogP contribution in [0.25, 0.3) is 0 Å². The number of methoxy groups -OCH3 is 1. The number of ether oxygens (including phenoxy) is 2. The average molecular weight is 394 g/mol. The summed E-state index contributed by atoms with van der Waals surface area (Å²) in [4.78, 5) is 15.4. The molecule has 0 aliphatic carbocycles. The predicted octanol–water partition coefficient (Wildman–Crippen LogP) is 3.07. The topological polar surface area (TPSA) is 110 Å². The number of benzene rings is 2. The number of hydrogen-bond acceptors (Lipinski definition) is 8. The second-order valence-electron chi connectivity index (χ2n) is 6.00. The predicted molar refractivity (Wildman–Crippen MR) is 111 cm³/mol. The summed E-state index contributed by atoms with van der Waals surface area (Å²) < 4.78 is 10.8. The quantitative estimate of drug-likeness (QED) is 0.475. The van der Waals surface area contributed by atoms with E-state index in [9.17, 15) is 4.79 Å². The van der Waals surface area contributed by atoms with Crippen LogP contribution in [0.5, 0.6) is 11.5 Å². The number of nitrogens with one attached hydrogen (secondary N) is 3. The van der Waals surface area contributed by atoms with E-state index in [2.05, 4.69) is 31.1 Å². The minimum absolute atomic E-state index is 0.114. The normalized spacial score (nSPS) is 10.1. The summed E-state index contributed by atoms with van der Waals surface area (Å²) in [5, 5.41) is 16.8. The Morgan fingerprint density at radius 3 is 2.38 bits per heavy atom. The van der Waals surface area contributed by atoms with Crippen molar-refractivity contribution in [3.8, 4) is 11.5 Å². The van der Waals surface area contributed by atoms with E-state index in [4.69, 9.17) is 9.47 Å². The molecule has 1 aromatic heterocycles. The minimum Gasteiger partial charge on any atom is -0.497 e. The van der Waals surface area contributed by atoms with E-state index in [0.29, 0.717) is 24.9 Å². The number of nitrogens with zero attached hydrogens (tertiary/aromatic N) is 3. The molecule has 0 bridgehead atoms. The number of aromatic nitrogens is 3. The molecule has 3 rings (SSSR count). The largest absolute Gasteiger partial charge is 0.497 e. The number of hydrogen-bond donors (Lipinski definition) is 3. The van der Waals surface area contributed by atoms with E-state index in [1.807, 2.05) is 36.4 Å². The van der Waals surface area contributed by atoms with Gasteiger partial charge < -0.3 is 25.4 Å². The SMILES string of the molecule is COc1ccc(OCCNc2nncc(Nc3ccc(NC(C)=O)cc3)n2)cc1. The van der Waals surface area contributed by atoms with Crippen LogP contribution in [0.15, 0.2) is 54.7 Å². The number of rotatable bonds is 9. The lowest BCUT2D eigenvalue weighted by Gasteiger charge is -2.09. The fourth-order valence-electron chi connectivity index (χ4n) is 2.43. The maximum atomic E-state index is 11.1. The fourth-order valence-corrected chi connectivity index (χ4v) is 2.43. The van der Waals surface area contributed by atoms with Crippen molar-refractivity contribution in [1.82, 2.24) is 15.2 Å². The van der Waals surface area contributed by atoms with E-state index in [1.165, 1.54) is 13.1 Å². The average Bonchev–Trinajstić information content (AvgIpc) is 2.73. The first-order valence-electron chi connectivity index (χ1n) is 8.97. The van der Waals surface area contributed by atoms with E-state index >= 15 is 0 Å². The Morgan fingerprint density at radius 1 is 1.00 bits per heavy atom. The Morgan fingerprint density at radius 2 is 1.69 bits per heavy atom. The first kappa shape index (κ1) is 19.9. The van der Waals surface area contributed by atoms with Crippen molar-refractivity contribution in [3.05, 3.63) is 54.7 Å². The van der Waals surface area contributed by atoms with Gasteiger partial charge in [-0.1, -0.05) is 0 Å². The van der Waals surface area contributed by atoms with Gasteiger partial charge in [0.15, 0.2) is 5.82 Å². The number of anilines is 4. The molecule has 3 N–H and O–H groups in total. The van der Waals surface area contributed by atoms with Crippen LogP contribution in [0, 0.1) is 0 Å². The molecule has 1 heterocycles. The third-order valence-electron chi connectivity index (χ3n) is 3.75. The lowest BCUT2D eigenvalue weighted by molar-refractivity contribution is -0.114. The van der Waals surface area contributed by atoms with E-state index in [1.54, 1.807) is 19.2 Å². The second kappa shape index (κ2) is 9.88. The summed E-state index contributed by atoms with van der Waals surface area (Å²) in [6.45, 7) is 2.43. The third-order valence-corrected chi connectivity index (χ3v) is 3.75. The second-order valence-corrected chi connectivity index (χ2v) is 6.00. The zero-order chi connectivity index (χ0) is 20.5. The first-order chi connectivity index (χ1) is 14.1. The molecule has 0 radical (unpaired) electrons. The van der Waals surface area contributed by atoms with Gasteiger partial charge in [-0.05, 0) is 48.5 Å². The minimum atomic E-state index is -0.114. The van der Waals surface area contributed by atoms with Crippen molar-refractivity contribution >= 4 is 29.0 Å². The highest BCUT2D eigenvalue weighted by Crippen LogP contribution is 2.18. The summed E-state index contributed by atoms with van der Waals surface area (Å²) in [5.41, 5.74) is 1.54. The molecule has 9 heteroatoms. The summed E-state index contributed by atoms with van der Waals surface area (Å²) >= 11 is 0. The first-order valence-corrected chi connectivity index (χ1v) is 8.97. The van der Waals surface area contributed by atoms with Crippen molar-refractivity contribution in [2.75, 3.05) is 36.2 Å². The molecule has 29 heavy (non-hydrogen) atoms. The van der Waals surface area contributed by atoms with Gasteiger partial charge in [-0.3, -0.25) is 4.79 Å². The van der Waals surface area contributed by atoms with E-state index in [0.717, 1.165) is 22.9 Å². The number of carbonyl (C=O) groups excluding carboxylic acids is 1. The molecule has 1 amide bonds. The molecule has 150 valence electrons. The Bertz CT molecular complexity index is 932. The van der Waals surface area contributed by atoms with Crippen LogP contribution in [0.1, 0.15) is 6.92 Å². The molecule has 2 aromatic carbocycles. The standard InChI is InChI=1S/C20H22N6O3/c1-14(27)23-15-3-5-16(6-4-15)24-19-13-22-26-20(25-19)21-11-12-29-18-9-7-17(28-2)8-10-18/h3-10,13H,11-12H2,1-2H3,(H,23,27)(H2,21,24,25,26). The monoisotopic (exact) mass is 394 g/mol. The Kier molecular flexibility index (Phi) is 6.77. The lowest BCUT2D eigenvalue weighted by Crippen LogP contribution is -2.14. The maximum Gasteiger partial charge on any atom is 0.244 e. The molecule has 0 atom stereocenters. The van der Waals surface area contributed by atoms with Crippen molar-refractivity contribution < 1.29 is 14.3 Å². The van der Waals surface area contributed by atoms with Crippen LogP contribution >= 0.6 is 0 Å². The van der Waals surface area contributed by atoms with Crippen molar-refractivity contribution in [3.63, 3.8) is 0 Å². The van der Waals surface area contributed by atoms with Gasteiger partial charge in [0.05, 0.1) is 19.9 Å². The van der Waals surface area contributed by atoms with Crippen LogP contribution in [-0.4, -0.2) is 41.3 Å². The molecular weight excluding hydrogens is 372 g/mol. The van der Waals surface area contributed by atoms with Crippen LogP contribution in [-0.2, 0) is 4.79 Å². The zero-order valence-electron chi connectivity index (χ0n) is 16.2. The number of amides is 1. The molecule has 0 aliphatic heterocycles. The van der Waals surface area contributed by atoms with Crippen molar-refractivity contribution in [2.24, 2.45) is 0 Å². The van der Waals surface area contributed by atoms with Gasteiger partial charge in [0.25, 0.3) is 0 Å². The summed E-state index contributed by atoms with van der Waals surface area (Å²) in [7, 11) is 1.62. The Balaban J connectivity index is 1.48. The molecule has 0 saturated heterocycles. The molecule has 3 aromatic rings. The van der Waals surface area contributed by atoms with Crippen LogP contribution < -0.4 is 25.4 Å². The maximum absolute atomic E-state index is 11.1. The Hall–Kier alpha value is -3.88. The highest BCUT2D eigenvalue weighted by molar-refractivity contribution is 5.88. The van der Waals surface area contributed by atoms with Gasteiger partial charge in [-0.25, -0.2) is 0 Å². The van der Waals surface area contributed by atoms with Gasteiger partial charge in [0, 0.05) is 18.3 Å². The molecular formula is C20H22N6O3. The van der Waals surface area contributed by atoms with Gasteiger partial charge in [0.1, 0.15) is 18.1 Å². The fraction of sp³-hybridized carbons (Fsp3) is 0.200. The van der Waals surface area contributed by atoms with Gasteiger partial charge in [-0.2, -0.15) is 10.1 Å². The summed E-state index contributed by atoms with van der Waals surface area (Å²) in [5.74, 6) is 2.36. The van der Waals surface area contributed by atoms with Crippen LogP contribution in [0.3, 0.4) is 0 Å². The number of carbonyl (C=O) groups is 1. The third kappa shape index (κ3) is 6.35. The molecule has 0 spiro atoms. The zero-order valence-corrected chi connectivity index (χ0v) is 16.2.